The van der Waals surface area contributed by atoms with E-state index in [-0.39, 0.29) is 27.9 Å². The van der Waals surface area contributed by atoms with Crippen molar-refractivity contribution in [1.29, 1.82) is 0 Å². The van der Waals surface area contributed by atoms with Crippen molar-refractivity contribution in [3.63, 3.8) is 0 Å². The quantitative estimate of drug-likeness (QED) is 0.243. The van der Waals surface area contributed by atoms with Gasteiger partial charge in [0.1, 0.15) is 11.5 Å². The molecule has 0 bridgehead atoms. The maximum atomic E-state index is 13.7. The third-order valence-electron chi connectivity index (χ3n) is 3.81. The van der Waals surface area contributed by atoms with E-state index >= 15 is 0 Å². The summed E-state index contributed by atoms with van der Waals surface area (Å²) in [4.78, 5) is 41.1. The van der Waals surface area contributed by atoms with Crippen molar-refractivity contribution in [2.24, 2.45) is 0 Å². The Hall–Kier alpha value is -3.73. The number of hydrogen-bond donors (Lipinski definition) is 3. The summed E-state index contributed by atoms with van der Waals surface area (Å²) in [6.07, 6.45) is 0. The van der Waals surface area contributed by atoms with Crippen LogP contribution < -0.4 is 16.6 Å². The minimum atomic E-state index is -0.826. The fourth-order valence-electron chi connectivity index (χ4n) is 2.35. The van der Waals surface area contributed by atoms with Crippen LogP contribution in [0.25, 0.3) is 0 Å². The Labute approximate surface area is 167 Å². The Balaban J connectivity index is 1.72. The van der Waals surface area contributed by atoms with Crippen molar-refractivity contribution in [1.82, 2.24) is 9.97 Å². The van der Waals surface area contributed by atoms with Crippen LogP contribution in [0.1, 0.15) is 15.9 Å². The topological polar surface area (TPSA) is 144 Å². The molecule has 3 rings (SSSR count). The molecule has 2 aromatic carbocycles. The molecule has 148 valence electrons. The molecule has 0 fully saturated rings. The zero-order valence-corrected chi connectivity index (χ0v) is 15.5. The van der Waals surface area contributed by atoms with Crippen molar-refractivity contribution in [3.8, 4) is 0 Å². The summed E-state index contributed by atoms with van der Waals surface area (Å²) in [5, 5.41) is 13.1. The Bertz CT molecular complexity index is 1130. The second-order valence-electron chi connectivity index (χ2n) is 5.78. The molecule has 0 saturated carbocycles. The number of nitrogens with zero attached hydrogens (tertiary/aromatic N) is 2. The summed E-state index contributed by atoms with van der Waals surface area (Å²) in [6.45, 7) is 0. The van der Waals surface area contributed by atoms with Gasteiger partial charge < -0.3 is 11.1 Å². The highest BCUT2D eigenvalue weighted by molar-refractivity contribution is 7.98. The number of nitrogens with one attached hydrogen (secondary N) is 2. The Morgan fingerprint density at radius 1 is 1.24 bits per heavy atom. The molecule has 0 atom stereocenters. The minimum Gasteiger partial charge on any atom is -0.382 e. The highest BCUT2D eigenvalue weighted by atomic mass is 32.2. The van der Waals surface area contributed by atoms with Gasteiger partial charge >= 0.3 is 0 Å². The molecule has 3 aromatic rings. The fraction of sp³-hybridized carbons (Fsp3) is 0.0556. The molecule has 4 N–H and O–H groups in total. The Morgan fingerprint density at radius 2 is 1.93 bits per heavy atom. The standard InChI is InChI=1S/C18H14FN5O4S/c19-13-4-2-1-3-12(13)16(25)21-14-15(20)22-18(23-17(14)26)29-9-10-5-7-11(8-6-10)24(27)28/h1-8H,9H2,(H,21,25)(H3,20,22,23,26). The zero-order valence-electron chi connectivity index (χ0n) is 14.7. The molecule has 0 spiro atoms. The van der Waals surface area contributed by atoms with Gasteiger partial charge in [0.25, 0.3) is 17.2 Å². The van der Waals surface area contributed by atoms with Gasteiger partial charge in [0, 0.05) is 17.9 Å². The molecule has 0 unspecified atom stereocenters. The van der Waals surface area contributed by atoms with Gasteiger partial charge in [-0.25, -0.2) is 9.37 Å². The molecular weight excluding hydrogens is 401 g/mol. The lowest BCUT2D eigenvalue weighted by Crippen LogP contribution is -2.23. The smallest absolute Gasteiger partial charge is 0.277 e. The maximum absolute atomic E-state index is 13.7. The van der Waals surface area contributed by atoms with Crippen molar-refractivity contribution in [2.45, 2.75) is 10.9 Å². The second kappa shape index (κ2) is 8.52. The van der Waals surface area contributed by atoms with Gasteiger partial charge in [-0.1, -0.05) is 36.0 Å². The average Bonchev–Trinajstić information content (AvgIpc) is 2.69. The first-order valence-corrected chi connectivity index (χ1v) is 9.15. The summed E-state index contributed by atoms with van der Waals surface area (Å²) in [5.74, 6) is -1.40. The van der Waals surface area contributed by atoms with Gasteiger partial charge in [-0.3, -0.25) is 24.7 Å². The highest BCUT2D eigenvalue weighted by Crippen LogP contribution is 2.22. The molecular formula is C18H14FN5O4S. The van der Waals surface area contributed by atoms with Crippen LogP contribution in [0.2, 0.25) is 0 Å². The molecule has 0 saturated heterocycles. The molecule has 11 heteroatoms. The van der Waals surface area contributed by atoms with Crippen LogP contribution in [0, 0.1) is 15.9 Å². The highest BCUT2D eigenvalue weighted by Gasteiger charge is 2.16. The number of carbonyl (C=O) groups is 1. The number of aromatic nitrogens is 2. The number of nitro groups is 1. The van der Waals surface area contributed by atoms with E-state index in [2.05, 4.69) is 15.3 Å². The van der Waals surface area contributed by atoms with E-state index in [1.165, 1.54) is 30.3 Å². The van der Waals surface area contributed by atoms with Gasteiger partial charge in [0.15, 0.2) is 11.0 Å². The normalized spacial score (nSPS) is 10.5. The lowest BCUT2D eigenvalue weighted by atomic mass is 10.2. The Morgan fingerprint density at radius 3 is 2.55 bits per heavy atom. The summed E-state index contributed by atoms with van der Waals surface area (Å²) < 4.78 is 13.7. The second-order valence-corrected chi connectivity index (χ2v) is 6.74. The minimum absolute atomic E-state index is 0.0236. The number of rotatable bonds is 6. The molecule has 9 nitrogen and oxygen atoms in total. The monoisotopic (exact) mass is 415 g/mol. The summed E-state index contributed by atoms with van der Waals surface area (Å²) in [7, 11) is 0. The number of nitrogen functional groups attached to an aromatic ring is 1. The first kappa shape index (κ1) is 20.0. The van der Waals surface area contributed by atoms with E-state index in [4.69, 9.17) is 5.73 Å². The third kappa shape index (κ3) is 4.76. The van der Waals surface area contributed by atoms with E-state index in [0.717, 1.165) is 23.4 Å². The van der Waals surface area contributed by atoms with Gasteiger partial charge in [0.2, 0.25) is 0 Å². The number of H-pyrrole nitrogens is 1. The zero-order chi connectivity index (χ0) is 21.0. The van der Waals surface area contributed by atoms with Crippen molar-refractivity contribution >= 4 is 34.9 Å². The van der Waals surface area contributed by atoms with Crippen LogP contribution in [0.15, 0.2) is 58.5 Å². The predicted molar refractivity (Wildman–Crippen MR) is 106 cm³/mol. The number of thioether (sulfide) groups is 1. The number of non-ortho nitro benzene ring substituents is 1. The van der Waals surface area contributed by atoms with Gasteiger partial charge in [-0.05, 0) is 17.7 Å². The first-order valence-electron chi connectivity index (χ1n) is 8.17. The van der Waals surface area contributed by atoms with Gasteiger partial charge in [-0.2, -0.15) is 0 Å². The van der Waals surface area contributed by atoms with E-state index in [9.17, 15) is 24.1 Å². The Kier molecular flexibility index (Phi) is 5.88. The first-order chi connectivity index (χ1) is 13.8. The fourth-order valence-corrected chi connectivity index (χ4v) is 3.17. The predicted octanol–water partition coefficient (Wildman–Crippen LogP) is 2.94. The van der Waals surface area contributed by atoms with Gasteiger partial charge in [-0.15, -0.1) is 0 Å². The number of hydrogen-bond acceptors (Lipinski definition) is 7. The largest absolute Gasteiger partial charge is 0.382 e. The van der Waals surface area contributed by atoms with Crippen molar-refractivity contribution in [3.05, 3.63) is 85.9 Å². The van der Waals surface area contributed by atoms with Gasteiger partial charge in [0.05, 0.1) is 10.5 Å². The molecule has 0 radical (unpaired) electrons. The molecule has 29 heavy (non-hydrogen) atoms. The third-order valence-corrected chi connectivity index (χ3v) is 4.75. The van der Waals surface area contributed by atoms with Crippen LogP contribution in [0.3, 0.4) is 0 Å². The van der Waals surface area contributed by atoms with E-state index < -0.39 is 22.2 Å². The molecule has 0 aliphatic heterocycles. The number of benzene rings is 2. The van der Waals surface area contributed by atoms with Crippen LogP contribution >= 0.6 is 11.8 Å². The number of carbonyl (C=O) groups excluding carboxylic acids is 1. The number of nitro benzene ring substituents is 1. The van der Waals surface area contributed by atoms with Crippen LogP contribution in [0.4, 0.5) is 21.6 Å². The summed E-state index contributed by atoms with van der Waals surface area (Å²) in [6, 6.07) is 11.3. The lowest BCUT2D eigenvalue weighted by Gasteiger charge is -2.09. The average molecular weight is 415 g/mol. The lowest BCUT2D eigenvalue weighted by molar-refractivity contribution is -0.384. The number of anilines is 2. The molecule has 0 aliphatic carbocycles. The number of aromatic amines is 1. The van der Waals surface area contributed by atoms with Crippen LogP contribution in [-0.4, -0.2) is 20.8 Å². The SMILES string of the molecule is Nc1nc(SCc2ccc([N+](=O)[O-])cc2)[nH]c(=O)c1NC(=O)c1ccccc1F. The molecule has 1 amide bonds. The van der Waals surface area contributed by atoms with Crippen molar-refractivity contribution < 1.29 is 14.1 Å². The summed E-state index contributed by atoms with van der Waals surface area (Å²) in [5.41, 5.74) is 5.33. The number of halogens is 1. The molecule has 1 aromatic heterocycles. The van der Waals surface area contributed by atoms with Crippen LogP contribution in [0.5, 0.6) is 0 Å². The van der Waals surface area contributed by atoms with E-state index in [1.807, 2.05) is 0 Å². The van der Waals surface area contributed by atoms with Crippen LogP contribution in [-0.2, 0) is 5.75 Å². The van der Waals surface area contributed by atoms with E-state index in [0.29, 0.717) is 5.75 Å². The van der Waals surface area contributed by atoms with Crippen molar-refractivity contribution in [2.75, 3.05) is 11.1 Å². The molecule has 1 heterocycles. The summed E-state index contributed by atoms with van der Waals surface area (Å²) >= 11 is 1.15. The maximum Gasteiger partial charge on any atom is 0.277 e. The number of nitrogens with two attached hydrogens (primary N) is 1. The number of amides is 1. The van der Waals surface area contributed by atoms with E-state index in [1.54, 1.807) is 12.1 Å². The molecule has 0 aliphatic rings.